The SMILES string of the molecule is CCN(CC)C(=O)CN1CCN(S(=O)(=O)c2ccc(C)cc2)CC1. The minimum atomic E-state index is -3.45. The quantitative estimate of drug-likeness (QED) is 0.770. The molecule has 1 aliphatic heterocycles. The maximum absolute atomic E-state index is 12.7. The van der Waals surface area contributed by atoms with Crippen LogP contribution in [-0.2, 0) is 14.8 Å². The van der Waals surface area contributed by atoms with Gasteiger partial charge in [-0.25, -0.2) is 8.42 Å². The molecule has 24 heavy (non-hydrogen) atoms. The summed E-state index contributed by atoms with van der Waals surface area (Å²) in [6.45, 7) is 9.64. The normalized spacial score (nSPS) is 17.0. The Bertz CT molecular complexity index is 646. The van der Waals surface area contributed by atoms with Crippen molar-refractivity contribution >= 4 is 15.9 Å². The molecule has 0 N–H and O–H groups in total. The highest BCUT2D eigenvalue weighted by Gasteiger charge is 2.29. The molecular formula is C17H27N3O3S. The Balaban J connectivity index is 1.94. The molecule has 1 heterocycles. The maximum Gasteiger partial charge on any atom is 0.243 e. The highest BCUT2D eigenvalue weighted by atomic mass is 32.2. The Morgan fingerprint density at radius 2 is 1.58 bits per heavy atom. The van der Waals surface area contributed by atoms with Crippen LogP contribution in [0.5, 0.6) is 0 Å². The van der Waals surface area contributed by atoms with Gasteiger partial charge in [0, 0.05) is 39.3 Å². The van der Waals surface area contributed by atoms with Gasteiger partial charge in [0.15, 0.2) is 0 Å². The van der Waals surface area contributed by atoms with Crippen LogP contribution in [0.4, 0.5) is 0 Å². The molecular weight excluding hydrogens is 326 g/mol. The van der Waals surface area contributed by atoms with Crippen LogP contribution in [0, 0.1) is 6.92 Å². The van der Waals surface area contributed by atoms with Crippen LogP contribution in [-0.4, -0.2) is 74.2 Å². The summed E-state index contributed by atoms with van der Waals surface area (Å²) >= 11 is 0. The highest BCUT2D eigenvalue weighted by molar-refractivity contribution is 7.89. The Hall–Kier alpha value is -1.44. The third-order valence-corrected chi connectivity index (χ3v) is 6.38. The summed E-state index contributed by atoms with van der Waals surface area (Å²) in [6, 6.07) is 6.93. The molecule has 0 spiro atoms. The van der Waals surface area contributed by atoms with Gasteiger partial charge in [-0.1, -0.05) is 17.7 Å². The molecule has 2 rings (SSSR count). The van der Waals surface area contributed by atoms with Crippen molar-refractivity contribution in [1.29, 1.82) is 0 Å². The molecule has 1 aromatic carbocycles. The van der Waals surface area contributed by atoms with Gasteiger partial charge in [0.1, 0.15) is 0 Å². The molecule has 0 atom stereocenters. The number of nitrogens with zero attached hydrogens (tertiary/aromatic N) is 3. The van der Waals surface area contributed by atoms with Crippen LogP contribution in [0.15, 0.2) is 29.2 Å². The van der Waals surface area contributed by atoms with Crippen molar-refractivity contribution in [3.05, 3.63) is 29.8 Å². The van der Waals surface area contributed by atoms with Gasteiger partial charge in [0.2, 0.25) is 15.9 Å². The molecule has 134 valence electrons. The smallest absolute Gasteiger partial charge is 0.243 e. The van der Waals surface area contributed by atoms with Crippen molar-refractivity contribution in [2.75, 3.05) is 45.8 Å². The van der Waals surface area contributed by atoms with E-state index in [4.69, 9.17) is 0 Å². The lowest BCUT2D eigenvalue weighted by Gasteiger charge is -2.34. The van der Waals surface area contributed by atoms with Crippen molar-refractivity contribution in [2.24, 2.45) is 0 Å². The van der Waals surface area contributed by atoms with Crippen LogP contribution in [0.25, 0.3) is 0 Å². The molecule has 0 radical (unpaired) electrons. The molecule has 1 saturated heterocycles. The molecule has 0 saturated carbocycles. The predicted molar refractivity (Wildman–Crippen MR) is 94.3 cm³/mol. The Morgan fingerprint density at radius 1 is 1.04 bits per heavy atom. The van der Waals surface area contributed by atoms with Gasteiger partial charge in [-0.15, -0.1) is 0 Å². The first-order chi connectivity index (χ1) is 11.4. The second-order valence-corrected chi connectivity index (χ2v) is 8.00. The lowest BCUT2D eigenvalue weighted by atomic mass is 10.2. The second kappa shape index (κ2) is 8.09. The van der Waals surface area contributed by atoms with Crippen molar-refractivity contribution in [1.82, 2.24) is 14.1 Å². The average Bonchev–Trinajstić information content (AvgIpc) is 2.57. The van der Waals surface area contributed by atoms with E-state index in [9.17, 15) is 13.2 Å². The van der Waals surface area contributed by atoms with Crippen LogP contribution < -0.4 is 0 Å². The third kappa shape index (κ3) is 4.34. The van der Waals surface area contributed by atoms with Gasteiger partial charge in [-0.3, -0.25) is 9.69 Å². The van der Waals surface area contributed by atoms with E-state index in [1.807, 2.05) is 37.8 Å². The van der Waals surface area contributed by atoms with Gasteiger partial charge < -0.3 is 4.90 Å². The van der Waals surface area contributed by atoms with E-state index < -0.39 is 10.0 Å². The zero-order valence-electron chi connectivity index (χ0n) is 14.7. The number of aryl methyl sites for hydroxylation is 1. The van der Waals surface area contributed by atoms with E-state index in [-0.39, 0.29) is 5.91 Å². The van der Waals surface area contributed by atoms with Crippen molar-refractivity contribution in [3.8, 4) is 0 Å². The maximum atomic E-state index is 12.7. The number of benzene rings is 1. The second-order valence-electron chi connectivity index (χ2n) is 6.06. The fraction of sp³-hybridized carbons (Fsp3) is 0.588. The Labute approximate surface area is 145 Å². The van der Waals surface area contributed by atoms with Crippen molar-refractivity contribution in [3.63, 3.8) is 0 Å². The lowest BCUT2D eigenvalue weighted by Crippen LogP contribution is -2.51. The number of likely N-dealkylation sites (N-methyl/N-ethyl adjacent to an activating group) is 1. The standard InChI is InChI=1S/C17H27N3O3S/c1-4-19(5-2)17(21)14-18-10-12-20(13-11-18)24(22,23)16-8-6-15(3)7-9-16/h6-9H,4-5,10-14H2,1-3H3. The fourth-order valence-electron chi connectivity index (χ4n) is 2.85. The molecule has 0 aliphatic carbocycles. The number of hydrogen-bond donors (Lipinski definition) is 0. The van der Waals surface area contributed by atoms with Gasteiger partial charge in [-0.05, 0) is 32.9 Å². The first-order valence-electron chi connectivity index (χ1n) is 8.45. The van der Waals surface area contributed by atoms with Gasteiger partial charge in [0.05, 0.1) is 11.4 Å². The molecule has 0 aromatic heterocycles. The van der Waals surface area contributed by atoms with Gasteiger partial charge in [-0.2, -0.15) is 4.31 Å². The van der Waals surface area contributed by atoms with E-state index in [0.29, 0.717) is 50.7 Å². The van der Waals surface area contributed by atoms with Crippen molar-refractivity contribution < 1.29 is 13.2 Å². The van der Waals surface area contributed by atoms with Crippen molar-refractivity contribution in [2.45, 2.75) is 25.7 Å². The highest BCUT2D eigenvalue weighted by Crippen LogP contribution is 2.18. The molecule has 1 fully saturated rings. The summed E-state index contributed by atoms with van der Waals surface area (Å²) in [7, 11) is -3.45. The largest absolute Gasteiger partial charge is 0.342 e. The molecule has 0 unspecified atom stereocenters. The summed E-state index contributed by atoms with van der Waals surface area (Å²) in [5.74, 6) is 0.106. The summed E-state index contributed by atoms with van der Waals surface area (Å²) < 4.78 is 26.8. The van der Waals surface area contributed by atoms with Gasteiger partial charge >= 0.3 is 0 Å². The first-order valence-corrected chi connectivity index (χ1v) is 9.89. The molecule has 1 aromatic rings. The number of amides is 1. The minimum absolute atomic E-state index is 0.106. The minimum Gasteiger partial charge on any atom is -0.342 e. The summed E-state index contributed by atoms with van der Waals surface area (Å²) in [4.78, 5) is 16.3. The molecule has 1 amide bonds. The number of carbonyl (C=O) groups is 1. The Morgan fingerprint density at radius 3 is 2.08 bits per heavy atom. The topological polar surface area (TPSA) is 60.9 Å². The number of sulfonamides is 1. The summed E-state index contributed by atoms with van der Waals surface area (Å²) in [6.07, 6.45) is 0. The van der Waals surface area contributed by atoms with Crippen LogP contribution >= 0.6 is 0 Å². The summed E-state index contributed by atoms with van der Waals surface area (Å²) in [5.41, 5.74) is 1.04. The molecule has 6 nitrogen and oxygen atoms in total. The number of rotatable bonds is 6. The van der Waals surface area contributed by atoms with E-state index in [1.165, 1.54) is 4.31 Å². The van der Waals surface area contributed by atoms with Gasteiger partial charge in [0.25, 0.3) is 0 Å². The monoisotopic (exact) mass is 353 g/mol. The molecule has 1 aliphatic rings. The fourth-order valence-corrected chi connectivity index (χ4v) is 4.28. The lowest BCUT2D eigenvalue weighted by molar-refractivity contribution is -0.132. The van der Waals surface area contributed by atoms with Crippen LogP contribution in [0.2, 0.25) is 0 Å². The van der Waals surface area contributed by atoms with E-state index in [2.05, 4.69) is 0 Å². The van der Waals surface area contributed by atoms with Crippen LogP contribution in [0.3, 0.4) is 0 Å². The zero-order chi connectivity index (χ0) is 17.7. The number of carbonyl (C=O) groups excluding carboxylic acids is 1. The van der Waals surface area contributed by atoms with E-state index in [0.717, 1.165) is 5.56 Å². The average molecular weight is 353 g/mol. The Kier molecular flexibility index (Phi) is 6.37. The number of hydrogen-bond acceptors (Lipinski definition) is 4. The number of piperazine rings is 1. The molecule has 0 bridgehead atoms. The molecule has 7 heteroatoms. The van der Waals surface area contributed by atoms with E-state index in [1.54, 1.807) is 17.0 Å². The zero-order valence-corrected chi connectivity index (χ0v) is 15.6. The predicted octanol–water partition coefficient (Wildman–Crippen LogP) is 1.17. The van der Waals surface area contributed by atoms with Crippen LogP contribution in [0.1, 0.15) is 19.4 Å². The van der Waals surface area contributed by atoms with E-state index >= 15 is 0 Å². The third-order valence-electron chi connectivity index (χ3n) is 4.47. The first kappa shape index (κ1) is 18.9. The summed E-state index contributed by atoms with van der Waals surface area (Å²) in [5, 5.41) is 0.